The minimum Gasteiger partial charge on any atom is -0.486 e. The van der Waals surface area contributed by atoms with E-state index >= 15 is 0 Å². The van der Waals surface area contributed by atoms with Crippen molar-refractivity contribution in [1.29, 1.82) is 5.26 Å². The number of hydrogen-bond acceptors (Lipinski definition) is 6. The number of halogens is 1. The molecule has 4 heterocycles. The summed E-state index contributed by atoms with van der Waals surface area (Å²) in [6, 6.07) is 12.2. The van der Waals surface area contributed by atoms with Crippen LogP contribution in [-0.4, -0.2) is 40.8 Å². The molecule has 0 radical (unpaired) electrons. The van der Waals surface area contributed by atoms with Crippen molar-refractivity contribution in [2.45, 2.75) is 13.0 Å². The van der Waals surface area contributed by atoms with E-state index in [2.05, 4.69) is 9.88 Å². The standard InChI is InChI=1S/C26H22FN5O2/c27-20-9-17(1-2-19(20)11-28)24-25(18-3-4-22-23(10-18)34-8-7-33-22)30-13-21-26(24)31-15-32(21)14-16-5-6-29-12-16/h1-4,9-10,13,15-16,29H,5-8,12,14H2. The summed E-state index contributed by atoms with van der Waals surface area (Å²) >= 11 is 0. The lowest BCUT2D eigenvalue weighted by Crippen LogP contribution is -2.15. The third-order valence-electron chi connectivity index (χ3n) is 6.48. The monoisotopic (exact) mass is 455 g/mol. The van der Waals surface area contributed by atoms with Gasteiger partial charge in [-0.1, -0.05) is 6.07 Å². The van der Waals surface area contributed by atoms with Gasteiger partial charge in [-0.25, -0.2) is 9.37 Å². The lowest BCUT2D eigenvalue weighted by molar-refractivity contribution is 0.171. The van der Waals surface area contributed by atoms with E-state index in [1.54, 1.807) is 6.07 Å². The highest BCUT2D eigenvalue weighted by Gasteiger charge is 2.22. The van der Waals surface area contributed by atoms with E-state index in [9.17, 15) is 9.65 Å². The first-order valence-corrected chi connectivity index (χ1v) is 11.4. The van der Waals surface area contributed by atoms with Crippen LogP contribution in [0.5, 0.6) is 11.5 Å². The summed E-state index contributed by atoms with van der Waals surface area (Å²) in [6.45, 7) is 3.85. The Hall–Kier alpha value is -3.96. The molecule has 7 nitrogen and oxygen atoms in total. The van der Waals surface area contributed by atoms with Crippen molar-refractivity contribution in [3.63, 3.8) is 0 Å². The molecule has 6 rings (SSSR count). The van der Waals surface area contributed by atoms with Crippen molar-refractivity contribution >= 4 is 11.0 Å². The zero-order valence-corrected chi connectivity index (χ0v) is 18.4. The molecule has 2 aliphatic heterocycles. The largest absolute Gasteiger partial charge is 0.486 e. The van der Waals surface area contributed by atoms with Gasteiger partial charge in [-0.2, -0.15) is 5.26 Å². The number of benzene rings is 2. The Morgan fingerprint density at radius 3 is 2.74 bits per heavy atom. The number of ether oxygens (including phenoxy) is 2. The number of aromatic nitrogens is 3. The number of nitriles is 1. The van der Waals surface area contributed by atoms with Crippen LogP contribution in [0.4, 0.5) is 4.39 Å². The van der Waals surface area contributed by atoms with E-state index in [0.717, 1.165) is 48.2 Å². The van der Waals surface area contributed by atoms with E-state index in [1.807, 2.05) is 36.8 Å². The lowest BCUT2D eigenvalue weighted by atomic mass is 9.96. The molecule has 0 saturated carbocycles. The van der Waals surface area contributed by atoms with E-state index in [-0.39, 0.29) is 5.56 Å². The molecule has 2 aromatic carbocycles. The molecule has 1 N–H and O–H groups in total. The third-order valence-corrected chi connectivity index (χ3v) is 6.48. The second kappa shape index (κ2) is 8.43. The zero-order valence-electron chi connectivity index (χ0n) is 18.4. The lowest BCUT2D eigenvalue weighted by Gasteiger charge is -2.19. The van der Waals surface area contributed by atoms with Crippen molar-refractivity contribution in [2.24, 2.45) is 5.92 Å². The molecule has 1 fully saturated rings. The van der Waals surface area contributed by atoms with Gasteiger partial charge in [-0.05, 0) is 61.3 Å². The Bertz CT molecular complexity index is 1440. The van der Waals surface area contributed by atoms with Crippen LogP contribution in [0.3, 0.4) is 0 Å². The van der Waals surface area contributed by atoms with Gasteiger partial charge in [0, 0.05) is 17.7 Å². The number of rotatable bonds is 4. The Balaban J connectivity index is 1.53. The summed E-state index contributed by atoms with van der Waals surface area (Å²) in [4.78, 5) is 9.56. The van der Waals surface area contributed by atoms with Crippen LogP contribution >= 0.6 is 0 Å². The normalized spacial score (nSPS) is 17.1. The Morgan fingerprint density at radius 1 is 1.09 bits per heavy atom. The first kappa shape index (κ1) is 20.6. The summed E-state index contributed by atoms with van der Waals surface area (Å²) < 4.78 is 28.2. The Kier molecular flexibility index (Phi) is 5.12. The van der Waals surface area contributed by atoms with E-state index < -0.39 is 5.82 Å². The molecule has 0 amide bonds. The summed E-state index contributed by atoms with van der Waals surface area (Å²) in [6.07, 6.45) is 4.79. The molecule has 8 heteroatoms. The molecule has 1 atom stereocenters. The molecule has 1 unspecified atom stereocenters. The number of imidazole rings is 1. The first-order valence-electron chi connectivity index (χ1n) is 11.4. The summed E-state index contributed by atoms with van der Waals surface area (Å²) in [7, 11) is 0. The van der Waals surface area contributed by atoms with Gasteiger partial charge in [0.1, 0.15) is 30.6 Å². The molecule has 0 aliphatic carbocycles. The average molecular weight is 455 g/mol. The van der Waals surface area contributed by atoms with Gasteiger partial charge in [-0.3, -0.25) is 4.98 Å². The highest BCUT2D eigenvalue weighted by Crippen LogP contribution is 2.40. The number of fused-ring (bicyclic) bond motifs is 2. The maximum atomic E-state index is 14.7. The fraction of sp³-hybridized carbons (Fsp3) is 0.269. The average Bonchev–Trinajstić information content (AvgIpc) is 3.53. The van der Waals surface area contributed by atoms with Gasteiger partial charge in [0.25, 0.3) is 0 Å². The molecule has 2 aromatic heterocycles. The second-order valence-electron chi connectivity index (χ2n) is 8.64. The maximum Gasteiger partial charge on any atom is 0.162 e. The minimum absolute atomic E-state index is 0.00373. The molecule has 0 spiro atoms. The third kappa shape index (κ3) is 3.55. The number of pyridine rings is 1. The highest BCUT2D eigenvalue weighted by molar-refractivity contribution is 5.99. The first-order chi connectivity index (χ1) is 16.7. The predicted molar refractivity (Wildman–Crippen MR) is 125 cm³/mol. The van der Waals surface area contributed by atoms with Gasteiger partial charge in [0.15, 0.2) is 11.5 Å². The molecule has 1 saturated heterocycles. The van der Waals surface area contributed by atoms with Gasteiger partial charge in [-0.15, -0.1) is 0 Å². The Labute approximate surface area is 195 Å². The minimum atomic E-state index is -0.568. The summed E-state index contributed by atoms with van der Waals surface area (Å²) in [5, 5.41) is 12.6. The summed E-state index contributed by atoms with van der Waals surface area (Å²) in [5.74, 6) is 1.31. The Morgan fingerprint density at radius 2 is 1.94 bits per heavy atom. The van der Waals surface area contributed by atoms with Gasteiger partial charge >= 0.3 is 0 Å². The van der Waals surface area contributed by atoms with Crippen molar-refractivity contribution in [2.75, 3.05) is 26.3 Å². The topological polar surface area (TPSA) is 85.0 Å². The number of nitrogens with one attached hydrogen (secondary N) is 1. The van der Waals surface area contributed by atoms with Crippen LogP contribution in [0, 0.1) is 23.1 Å². The molecule has 4 aromatic rings. The van der Waals surface area contributed by atoms with Crippen LogP contribution in [0.2, 0.25) is 0 Å². The van der Waals surface area contributed by atoms with Crippen molar-refractivity contribution in [3.8, 4) is 40.0 Å². The predicted octanol–water partition coefficient (Wildman–Crippen LogP) is 4.16. The molecular weight excluding hydrogens is 433 g/mol. The number of nitrogens with zero attached hydrogens (tertiary/aromatic N) is 4. The van der Waals surface area contributed by atoms with E-state index in [1.165, 1.54) is 12.1 Å². The number of hydrogen-bond donors (Lipinski definition) is 1. The van der Waals surface area contributed by atoms with Crippen molar-refractivity contribution in [1.82, 2.24) is 19.9 Å². The van der Waals surface area contributed by atoms with Crippen LogP contribution < -0.4 is 14.8 Å². The van der Waals surface area contributed by atoms with Gasteiger partial charge in [0.2, 0.25) is 0 Å². The molecular formula is C26H22FN5O2. The van der Waals surface area contributed by atoms with Crippen LogP contribution in [0.25, 0.3) is 33.4 Å². The second-order valence-corrected chi connectivity index (χ2v) is 8.64. The fourth-order valence-electron chi connectivity index (χ4n) is 4.76. The molecule has 34 heavy (non-hydrogen) atoms. The highest BCUT2D eigenvalue weighted by atomic mass is 19.1. The smallest absolute Gasteiger partial charge is 0.162 e. The van der Waals surface area contributed by atoms with Crippen LogP contribution in [-0.2, 0) is 6.54 Å². The van der Waals surface area contributed by atoms with E-state index in [4.69, 9.17) is 19.4 Å². The maximum absolute atomic E-state index is 14.7. The van der Waals surface area contributed by atoms with Gasteiger partial charge in [0.05, 0.1) is 29.3 Å². The molecule has 0 bridgehead atoms. The SMILES string of the molecule is N#Cc1ccc(-c2c(-c3ccc4c(c3)OCCO4)ncc3c2ncn3CC2CCNC2)cc1F. The quantitative estimate of drug-likeness (QED) is 0.498. The van der Waals surface area contributed by atoms with Crippen LogP contribution in [0.15, 0.2) is 48.9 Å². The van der Waals surface area contributed by atoms with Crippen LogP contribution in [0.1, 0.15) is 12.0 Å². The van der Waals surface area contributed by atoms with Crippen molar-refractivity contribution in [3.05, 3.63) is 60.3 Å². The fourth-order valence-corrected chi connectivity index (χ4v) is 4.76. The molecule has 2 aliphatic rings. The molecule has 170 valence electrons. The van der Waals surface area contributed by atoms with Gasteiger partial charge < -0.3 is 19.4 Å². The van der Waals surface area contributed by atoms with Crippen molar-refractivity contribution < 1.29 is 13.9 Å². The van der Waals surface area contributed by atoms with E-state index in [0.29, 0.717) is 41.9 Å². The summed E-state index contributed by atoms with van der Waals surface area (Å²) in [5.41, 5.74) is 4.47. The zero-order chi connectivity index (χ0) is 23.1.